The van der Waals surface area contributed by atoms with E-state index in [4.69, 9.17) is 0 Å². The lowest BCUT2D eigenvalue weighted by molar-refractivity contribution is 0.0674. The first-order valence-corrected chi connectivity index (χ1v) is 10.4. The van der Waals surface area contributed by atoms with Crippen LogP contribution in [0.3, 0.4) is 0 Å². The molecule has 1 aliphatic carbocycles. The molecule has 28 heavy (non-hydrogen) atoms. The van der Waals surface area contributed by atoms with E-state index in [2.05, 4.69) is 108 Å². The van der Waals surface area contributed by atoms with E-state index in [9.17, 15) is 0 Å². The highest BCUT2D eigenvalue weighted by Crippen LogP contribution is 2.36. The lowest BCUT2D eigenvalue weighted by atomic mass is 9.82. The van der Waals surface area contributed by atoms with Crippen LogP contribution in [0.1, 0.15) is 24.5 Å². The Balaban J connectivity index is 1.49. The molecule has 0 atom stereocenters. The maximum absolute atomic E-state index is 2.66. The highest BCUT2D eigenvalue weighted by Gasteiger charge is 2.36. The molecule has 0 spiro atoms. The Morgan fingerprint density at radius 1 is 0.821 bits per heavy atom. The van der Waals surface area contributed by atoms with Gasteiger partial charge in [0.05, 0.1) is 5.54 Å². The summed E-state index contributed by atoms with van der Waals surface area (Å²) in [7, 11) is 0. The molecule has 1 heterocycles. The van der Waals surface area contributed by atoms with Gasteiger partial charge >= 0.3 is 0 Å². The molecule has 144 valence electrons. The summed E-state index contributed by atoms with van der Waals surface area (Å²) in [5, 5.41) is 0. The van der Waals surface area contributed by atoms with E-state index in [1.54, 1.807) is 0 Å². The van der Waals surface area contributed by atoms with Crippen LogP contribution < -0.4 is 0 Å². The third kappa shape index (κ3) is 4.04. The molecule has 0 aromatic heterocycles. The third-order valence-electron chi connectivity index (χ3n) is 6.20. The van der Waals surface area contributed by atoms with E-state index in [-0.39, 0.29) is 5.54 Å². The quantitative estimate of drug-likeness (QED) is 0.730. The molecule has 2 heteroatoms. The first kappa shape index (κ1) is 18.9. The number of benzene rings is 2. The van der Waals surface area contributed by atoms with Gasteiger partial charge in [-0.2, -0.15) is 0 Å². The number of nitrogens with zero attached hydrogens (tertiary/aromatic N) is 2. The molecule has 0 unspecified atom stereocenters. The molecule has 0 N–H and O–H groups in total. The van der Waals surface area contributed by atoms with Gasteiger partial charge in [0.2, 0.25) is 0 Å². The van der Waals surface area contributed by atoms with Gasteiger partial charge in [-0.15, -0.1) is 0 Å². The molecule has 2 aliphatic rings. The molecule has 0 saturated carbocycles. The van der Waals surface area contributed by atoms with E-state index < -0.39 is 0 Å². The smallest absolute Gasteiger partial charge is 0.0687 e. The van der Waals surface area contributed by atoms with Crippen molar-refractivity contribution in [1.82, 2.24) is 9.80 Å². The van der Waals surface area contributed by atoms with Crippen LogP contribution in [-0.4, -0.2) is 42.5 Å². The number of hydrogen-bond donors (Lipinski definition) is 0. The largest absolute Gasteiger partial charge is 0.297 e. The summed E-state index contributed by atoms with van der Waals surface area (Å²) in [5.41, 5.74) is 4.08. The first-order chi connectivity index (χ1) is 13.8. The van der Waals surface area contributed by atoms with Crippen LogP contribution in [0, 0.1) is 0 Å². The second-order valence-corrected chi connectivity index (χ2v) is 7.86. The standard InChI is InChI=1S/C26H30N2/c1-26(24-13-7-3-8-14-24,25-15-9-4-10-16-25)28-21-19-27(20-22-28)18-17-23-11-5-2-6-12-23/h2-11,13-17H,12,18-22H2,1H3. The van der Waals surface area contributed by atoms with Crippen LogP contribution in [0.25, 0.3) is 0 Å². The fraction of sp³-hybridized carbons (Fsp3) is 0.308. The molecule has 2 aromatic rings. The summed E-state index contributed by atoms with van der Waals surface area (Å²) in [6.45, 7) is 7.82. The van der Waals surface area contributed by atoms with Crippen molar-refractivity contribution in [2.24, 2.45) is 0 Å². The maximum Gasteiger partial charge on any atom is 0.0687 e. The Hall–Kier alpha value is -2.42. The van der Waals surface area contributed by atoms with Crippen molar-refractivity contribution in [1.29, 1.82) is 0 Å². The molecule has 1 aliphatic heterocycles. The summed E-state index contributed by atoms with van der Waals surface area (Å²) < 4.78 is 0. The normalized spacial score (nSPS) is 20.0. The summed E-state index contributed by atoms with van der Waals surface area (Å²) in [6, 6.07) is 21.9. The van der Waals surface area contributed by atoms with Gasteiger partial charge in [-0.3, -0.25) is 9.80 Å². The molecule has 2 nitrogen and oxygen atoms in total. The third-order valence-corrected chi connectivity index (χ3v) is 6.20. The topological polar surface area (TPSA) is 6.48 Å². The zero-order chi connectivity index (χ0) is 19.2. The molecule has 1 saturated heterocycles. The van der Waals surface area contributed by atoms with E-state index >= 15 is 0 Å². The van der Waals surface area contributed by atoms with Crippen molar-refractivity contribution in [3.63, 3.8) is 0 Å². The van der Waals surface area contributed by atoms with E-state index in [1.165, 1.54) is 16.7 Å². The van der Waals surface area contributed by atoms with Gasteiger partial charge in [0.1, 0.15) is 0 Å². The minimum atomic E-state index is -0.0933. The second-order valence-electron chi connectivity index (χ2n) is 7.86. The Kier molecular flexibility index (Phi) is 5.90. The predicted molar refractivity (Wildman–Crippen MR) is 118 cm³/mol. The Labute approximate surface area is 169 Å². The van der Waals surface area contributed by atoms with E-state index in [0.717, 1.165) is 39.1 Å². The van der Waals surface area contributed by atoms with Gasteiger partial charge < -0.3 is 0 Å². The van der Waals surface area contributed by atoms with Crippen molar-refractivity contribution < 1.29 is 0 Å². The van der Waals surface area contributed by atoms with Crippen LogP contribution in [-0.2, 0) is 5.54 Å². The zero-order valence-electron chi connectivity index (χ0n) is 16.8. The Morgan fingerprint density at radius 3 is 1.96 bits per heavy atom. The SMILES string of the molecule is CC(c1ccccc1)(c1ccccc1)N1CCN(CC=C2C=CC=CC2)CC1. The maximum atomic E-state index is 2.66. The molecule has 0 amide bonds. The Bertz CT molecular complexity index is 801. The molecular formula is C26H30N2. The minimum Gasteiger partial charge on any atom is -0.297 e. The van der Waals surface area contributed by atoms with Crippen LogP contribution in [0.15, 0.2) is 96.6 Å². The van der Waals surface area contributed by atoms with Gasteiger partial charge in [-0.05, 0) is 30.0 Å². The van der Waals surface area contributed by atoms with Gasteiger partial charge in [0, 0.05) is 32.7 Å². The number of rotatable bonds is 5. The highest BCUT2D eigenvalue weighted by molar-refractivity contribution is 5.38. The Morgan fingerprint density at radius 2 is 1.43 bits per heavy atom. The molecule has 0 bridgehead atoms. The van der Waals surface area contributed by atoms with E-state index in [0.29, 0.717) is 0 Å². The summed E-state index contributed by atoms with van der Waals surface area (Å²) >= 11 is 0. The average Bonchev–Trinajstić information content (AvgIpc) is 2.79. The van der Waals surface area contributed by atoms with Crippen molar-refractivity contribution in [2.75, 3.05) is 32.7 Å². The molecular weight excluding hydrogens is 340 g/mol. The fourth-order valence-electron chi connectivity index (χ4n) is 4.36. The van der Waals surface area contributed by atoms with Gasteiger partial charge in [0.25, 0.3) is 0 Å². The van der Waals surface area contributed by atoms with Crippen LogP contribution >= 0.6 is 0 Å². The first-order valence-electron chi connectivity index (χ1n) is 10.4. The zero-order valence-corrected chi connectivity index (χ0v) is 16.8. The van der Waals surface area contributed by atoms with Crippen LogP contribution in [0.5, 0.6) is 0 Å². The minimum absolute atomic E-state index is 0.0933. The molecule has 1 fully saturated rings. The molecule has 4 rings (SSSR count). The lowest BCUT2D eigenvalue weighted by Gasteiger charge is -2.46. The fourth-order valence-corrected chi connectivity index (χ4v) is 4.36. The lowest BCUT2D eigenvalue weighted by Crippen LogP contribution is -2.54. The summed E-state index contributed by atoms with van der Waals surface area (Å²) in [6.07, 6.45) is 12.2. The van der Waals surface area contributed by atoms with Crippen molar-refractivity contribution >= 4 is 0 Å². The van der Waals surface area contributed by atoms with Crippen LogP contribution in [0.2, 0.25) is 0 Å². The average molecular weight is 371 g/mol. The highest BCUT2D eigenvalue weighted by atomic mass is 15.3. The number of allylic oxidation sites excluding steroid dienone is 5. The predicted octanol–water partition coefficient (Wildman–Crippen LogP) is 5.01. The van der Waals surface area contributed by atoms with Crippen molar-refractivity contribution in [3.05, 3.63) is 108 Å². The summed E-state index contributed by atoms with van der Waals surface area (Å²) in [4.78, 5) is 5.23. The van der Waals surface area contributed by atoms with Gasteiger partial charge in [-0.25, -0.2) is 0 Å². The van der Waals surface area contributed by atoms with Gasteiger partial charge in [-0.1, -0.05) is 91.0 Å². The van der Waals surface area contributed by atoms with E-state index in [1.807, 2.05) is 0 Å². The van der Waals surface area contributed by atoms with Crippen molar-refractivity contribution in [3.8, 4) is 0 Å². The summed E-state index contributed by atoms with van der Waals surface area (Å²) in [5.74, 6) is 0. The molecule has 0 radical (unpaired) electrons. The van der Waals surface area contributed by atoms with Crippen LogP contribution in [0.4, 0.5) is 0 Å². The second kappa shape index (κ2) is 8.72. The monoisotopic (exact) mass is 370 g/mol. The van der Waals surface area contributed by atoms with Gasteiger partial charge in [0.15, 0.2) is 0 Å². The molecule has 2 aromatic carbocycles. The van der Waals surface area contributed by atoms with Crippen molar-refractivity contribution in [2.45, 2.75) is 18.9 Å². The number of piperazine rings is 1. The number of hydrogen-bond acceptors (Lipinski definition) is 2.